The van der Waals surface area contributed by atoms with E-state index in [2.05, 4.69) is 10.4 Å². The summed E-state index contributed by atoms with van der Waals surface area (Å²) < 4.78 is 24.1. The fourth-order valence-electron chi connectivity index (χ4n) is 1.73. The first-order chi connectivity index (χ1) is 9.75. The van der Waals surface area contributed by atoms with Crippen LogP contribution in [0.2, 0.25) is 5.02 Å². The summed E-state index contributed by atoms with van der Waals surface area (Å²) in [5, 5.41) is 12.0. The summed E-state index contributed by atoms with van der Waals surface area (Å²) in [5.74, 6) is -0.486. The van der Waals surface area contributed by atoms with E-state index in [0.29, 0.717) is 5.02 Å². The number of hydrogen-bond donors (Lipinski definition) is 2. The number of carbonyl (C=O) groups excluding carboxylic acids is 1. The number of primary sulfonamides is 1. The molecule has 0 saturated carbocycles. The monoisotopic (exact) mass is 328 g/mol. The lowest BCUT2D eigenvalue weighted by molar-refractivity contribution is -0.115. The molecule has 1 aromatic heterocycles. The van der Waals surface area contributed by atoms with Crippen LogP contribution in [0.1, 0.15) is 5.56 Å². The van der Waals surface area contributed by atoms with Crippen LogP contribution in [0.25, 0.3) is 0 Å². The Kier molecular flexibility index (Phi) is 4.31. The predicted octanol–water partition coefficient (Wildman–Crippen LogP) is 0.902. The van der Waals surface area contributed by atoms with Crippen LogP contribution in [-0.4, -0.2) is 24.1 Å². The SMILES string of the molecule is Cn1cc(S(N)(=O)=O)c(NC(=O)Cc2ccc(Cl)cc2)n1. The van der Waals surface area contributed by atoms with E-state index in [4.69, 9.17) is 16.7 Å². The summed E-state index contributed by atoms with van der Waals surface area (Å²) in [6, 6.07) is 6.75. The molecule has 0 saturated heterocycles. The molecule has 1 aromatic carbocycles. The molecule has 9 heteroatoms. The zero-order chi connectivity index (χ0) is 15.6. The first-order valence-corrected chi connectivity index (χ1v) is 7.79. The van der Waals surface area contributed by atoms with E-state index >= 15 is 0 Å². The van der Waals surface area contributed by atoms with Gasteiger partial charge in [0.2, 0.25) is 15.9 Å². The Morgan fingerprint density at radius 3 is 2.57 bits per heavy atom. The van der Waals surface area contributed by atoms with Gasteiger partial charge in [0.05, 0.1) is 6.42 Å². The first kappa shape index (κ1) is 15.5. The molecule has 0 bridgehead atoms. The normalized spacial score (nSPS) is 11.4. The number of amides is 1. The molecule has 21 heavy (non-hydrogen) atoms. The molecule has 2 rings (SSSR count). The molecular formula is C12H13ClN4O3S. The molecule has 0 unspecified atom stereocenters. The van der Waals surface area contributed by atoms with Crippen molar-refractivity contribution in [3.63, 3.8) is 0 Å². The van der Waals surface area contributed by atoms with E-state index in [1.807, 2.05) is 0 Å². The quantitative estimate of drug-likeness (QED) is 0.869. The lowest BCUT2D eigenvalue weighted by Crippen LogP contribution is -2.19. The largest absolute Gasteiger partial charge is 0.308 e. The van der Waals surface area contributed by atoms with Gasteiger partial charge in [-0.3, -0.25) is 9.48 Å². The predicted molar refractivity (Wildman–Crippen MR) is 78.4 cm³/mol. The van der Waals surface area contributed by atoms with E-state index in [1.54, 1.807) is 24.3 Å². The van der Waals surface area contributed by atoms with Crippen LogP contribution in [-0.2, 0) is 28.3 Å². The number of sulfonamides is 1. The summed E-state index contributed by atoms with van der Waals surface area (Å²) in [6.45, 7) is 0. The highest BCUT2D eigenvalue weighted by Crippen LogP contribution is 2.18. The van der Waals surface area contributed by atoms with Gasteiger partial charge in [-0.15, -0.1) is 0 Å². The molecule has 0 aliphatic carbocycles. The Bertz CT molecular complexity index is 768. The van der Waals surface area contributed by atoms with Crippen molar-refractivity contribution in [1.29, 1.82) is 0 Å². The van der Waals surface area contributed by atoms with Crippen LogP contribution in [0.4, 0.5) is 5.82 Å². The van der Waals surface area contributed by atoms with Gasteiger partial charge in [-0.2, -0.15) is 5.10 Å². The highest BCUT2D eigenvalue weighted by Gasteiger charge is 2.19. The van der Waals surface area contributed by atoms with E-state index in [9.17, 15) is 13.2 Å². The zero-order valence-corrected chi connectivity index (χ0v) is 12.6. The van der Waals surface area contributed by atoms with Gasteiger partial charge in [-0.1, -0.05) is 23.7 Å². The lowest BCUT2D eigenvalue weighted by Gasteiger charge is -2.04. The number of carbonyl (C=O) groups is 1. The minimum Gasteiger partial charge on any atom is -0.308 e. The molecule has 1 heterocycles. The highest BCUT2D eigenvalue weighted by molar-refractivity contribution is 7.89. The molecule has 0 aliphatic heterocycles. The third kappa shape index (κ3) is 4.03. The van der Waals surface area contributed by atoms with Crippen LogP contribution >= 0.6 is 11.6 Å². The van der Waals surface area contributed by atoms with Crippen LogP contribution in [0.15, 0.2) is 35.4 Å². The zero-order valence-electron chi connectivity index (χ0n) is 11.1. The van der Waals surface area contributed by atoms with E-state index in [-0.39, 0.29) is 17.1 Å². The molecule has 3 N–H and O–H groups in total. The second kappa shape index (κ2) is 5.84. The molecule has 0 aliphatic rings. The maximum atomic E-state index is 11.9. The number of benzene rings is 1. The molecule has 0 spiro atoms. The minimum absolute atomic E-state index is 0.0673. The molecule has 7 nitrogen and oxygen atoms in total. The lowest BCUT2D eigenvalue weighted by atomic mass is 10.1. The third-order valence-electron chi connectivity index (χ3n) is 2.64. The maximum absolute atomic E-state index is 11.9. The van der Waals surface area contributed by atoms with Gasteiger partial charge in [-0.05, 0) is 17.7 Å². The smallest absolute Gasteiger partial charge is 0.243 e. The van der Waals surface area contributed by atoms with Crippen LogP contribution in [0.5, 0.6) is 0 Å². The van der Waals surface area contributed by atoms with Gasteiger partial charge in [-0.25, -0.2) is 13.6 Å². The van der Waals surface area contributed by atoms with Gasteiger partial charge in [0.15, 0.2) is 5.82 Å². The number of rotatable bonds is 4. The topological polar surface area (TPSA) is 107 Å². The van der Waals surface area contributed by atoms with Crippen molar-refractivity contribution in [2.75, 3.05) is 5.32 Å². The van der Waals surface area contributed by atoms with Gasteiger partial charge in [0.1, 0.15) is 4.90 Å². The molecule has 0 atom stereocenters. The van der Waals surface area contributed by atoms with Crippen molar-refractivity contribution >= 4 is 33.3 Å². The van der Waals surface area contributed by atoms with Gasteiger partial charge < -0.3 is 5.32 Å². The average molecular weight is 329 g/mol. The molecule has 112 valence electrons. The molecule has 0 fully saturated rings. The Balaban J connectivity index is 2.15. The fourth-order valence-corrected chi connectivity index (χ4v) is 2.51. The van der Waals surface area contributed by atoms with Crippen molar-refractivity contribution < 1.29 is 13.2 Å². The Hall–Kier alpha value is -1.90. The van der Waals surface area contributed by atoms with Gasteiger partial charge >= 0.3 is 0 Å². The van der Waals surface area contributed by atoms with Crippen LogP contribution < -0.4 is 10.5 Å². The van der Waals surface area contributed by atoms with Gasteiger partial charge in [0.25, 0.3) is 0 Å². The number of nitrogens with zero attached hydrogens (tertiary/aromatic N) is 2. The maximum Gasteiger partial charge on any atom is 0.243 e. The average Bonchev–Trinajstić information content (AvgIpc) is 2.73. The van der Waals surface area contributed by atoms with E-state index in [1.165, 1.54) is 17.9 Å². The van der Waals surface area contributed by atoms with Crippen molar-refractivity contribution in [1.82, 2.24) is 9.78 Å². The standard InChI is InChI=1S/C12H13ClN4O3S/c1-17-7-10(21(14,19)20)12(16-17)15-11(18)6-8-2-4-9(13)5-3-8/h2-5,7H,6H2,1H3,(H2,14,19,20)(H,15,16,18). The summed E-state index contributed by atoms with van der Waals surface area (Å²) in [7, 11) is -2.42. The van der Waals surface area contributed by atoms with Crippen LogP contribution in [0, 0.1) is 0 Å². The van der Waals surface area contributed by atoms with Gasteiger partial charge in [0, 0.05) is 18.3 Å². The van der Waals surface area contributed by atoms with Crippen molar-refractivity contribution in [2.24, 2.45) is 12.2 Å². The Morgan fingerprint density at radius 2 is 2.00 bits per heavy atom. The number of nitrogens with two attached hydrogens (primary N) is 1. The second-order valence-corrected chi connectivity index (χ2v) is 6.38. The number of hydrogen-bond acceptors (Lipinski definition) is 4. The first-order valence-electron chi connectivity index (χ1n) is 5.86. The number of halogens is 1. The van der Waals surface area contributed by atoms with Crippen molar-refractivity contribution in [2.45, 2.75) is 11.3 Å². The summed E-state index contributed by atoms with van der Waals surface area (Å²) in [4.78, 5) is 11.7. The third-order valence-corrected chi connectivity index (χ3v) is 3.80. The van der Waals surface area contributed by atoms with E-state index in [0.717, 1.165) is 5.56 Å². The molecule has 2 aromatic rings. The summed E-state index contributed by atoms with van der Waals surface area (Å²) in [6.07, 6.45) is 1.30. The molecular weight excluding hydrogens is 316 g/mol. The molecule has 0 radical (unpaired) electrons. The summed E-state index contributed by atoms with van der Waals surface area (Å²) in [5.41, 5.74) is 0.741. The summed E-state index contributed by atoms with van der Waals surface area (Å²) >= 11 is 5.76. The fraction of sp³-hybridized carbons (Fsp3) is 0.167. The van der Waals surface area contributed by atoms with Crippen molar-refractivity contribution in [3.8, 4) is 0 Å². The number of aryl methyl sites for hydroxylation is 1. The Labute approximate surface area is 126 Å². The number of aromatic nitrogens is 2. The molecule has 1 amide bonds. The van der Waals surface area contributed by atoms with Crippen LogP contribution in [0.3, 0.4) is 0 Å². The van der Waals surface area contributed by atoms with E-state index < -0.39 is 15.9 Å². The number of anilines is 1. The second-order valence-electron chi connectivity index (χ2n) is 4.41. The van der Waals surface area contributed by atoms with Crippen molar-refractivity contribution in [3.05, 3.63) is 41.0 Å². The minimum atomic E-state index is -3.95. The number of nitrogens with one attached hydrogen (secondary N) is 1. The highest BCUT2D eigenvalue weighted by atomic mass is 35.5. The Morgan fingerprint density at radius 1 is 1.38 bits per heavy atom.